The van der Waals surface area contributed by atoms with Gasteiger partial charge in [0.2, 0.25) is 5.91 Å². The van der Waals surface area contributed by atoms with Crippen LogP contribution in [0.15, 0.2) is 18.2 Å². The molecule has 1 saturated heterocycles. The van der Waals surface area contributed by atoms with Crippen LogP contribution in [0.5, 0.6) is 5.75 Å². The molecular formula is C14H21N3O3. The maximum absolute atomic E-state index is 12.0. The number of nitrogen functional groups attached to an aromatic ring is 1. The first-order valence-electron chi connectivity index (χ1n) is 6.73. The van der Waals surface area contributed by atoms with E-state index in [1.807, 2.05) is 17.0 Å². The summed E-state index contributed by atoms with van der Waals surface area (Å²) in [6.07, 6.45) is 0.465. The lowest BCUT2D eigenvalue weighted by Gasteiger charge is -2.26. The minimum Gasteiger partial charge on any atom is -0.495 e. The highest BCUT2D eigenvalue weighted by Gasteiger charge is 2.15. The monoisotopic (exact) mass is 279 g/mol. The molecule has 0 aromatic heterocycles. The maximum Gasteiger partial charge on any atom is 0.224 e. The largest absolute Gasteiger partial charge is 0.495 e. The fourth-order valence-corrected chi connectivity index (χ4v) is 2.11. The Kier molecular flexibility index (Phi) is 5.06. The summed E-state index contributed by atoms with van der Waals surface area (Å²) in [5, 5.41) is 3.20. The number of carbonyl (C=O) groups is 1. The van der Waals surface area contributed by atoms with E-state index in [0.29, 0.717) is 50.7 Å². The molecule has 0 spiro atoms. The quantitative estimate of drug-likeness (QED) is 0.784. The third-order valence-corrected chi connectivity index (χ3v) is 3.27. The topological polar surface area (TPSA) is 76.8 Å². The van der Waals surface area contributed by atoms with E-state index in [-0.39, 0.29) is 5.91 Å². The summed E-state index contributed by atoms with van der Waals surface area (Å²) < 4.78 is 10.4. The highest BCUT2D eigenvalue weighted by molar-refractivity contribution is 5.77. The Morgan fingerprint density at radius 2 is 2.20 bits per heavy atom. The second-order valence-electron chi connectivity index (χ2n) is 4.63. The van der Waals surface area contributed by atoms with Crippen LogP contribution in [0.1, 0.15) is 6.42 Å². The van der Waals surface area contributed by atoms with E-state index in [1.165, 1.54) is 0 Å². The minimum absolute atomic E-state index is 0.156. The highest BCUT2D eigenvalue weighted by atomic mass is 16.5. The number of amides is 1. The second-order valence-corrected chi connectivity index (χ2v) is 4.63. The zero-order chi connectivity index (χ0) is 14.4. The molecule has 2 rings (SSSR count). The lowest BCUT2D eigenvalue weighted by molar-refractivity contribution is -0.134. The Labute approximate surface area is 118 Å². The van der Waals surface area contributed by atoms with E-state index in [0.717, 1.165) is 5.69 Å². The lowest BCUT2D eigenvalue weighted by atomic mass is 10.2. The number of rotatable bonds is 5. The van der Waals surface area contributed by atoms with Crippen molar-refractivity contribution in [2.75, 3.05) is 51.0 Å². The van der Waals surface area contributed by atoms with E-state index in [9.17, 15) is 4.79 Å². The van der Waals surface area contributed by atoms with E-state index >= 15 is 0 Å². The van der Waals surface area contributed by atoms with Gasteiger partial charge in [0.15, 0.2) is 0 Å². The van der Waals surface area contributed by atoms with Crippen LogP contribution in [0.2, 0.25) is 0 Å². The van der Waals surface area contributed by atoms with Gasteiger partial charge in [0.1, 0.15) is 5.75 Å². The van der Waals surface area contributed by atoms with Crippen LogP contribution in [0.4, 0.5) is 11.4 Å². The van der Waals surface area contributed by atoms with Gasteiger partial charge < -0.3 is 25.4 Å². The van der Waals surface area contributed by atoms with Crippen molar-refractivity contribution in [2.45, 2.75) is 6.42 Å². The molecule has 1 heterocycles. The van der Waals surface area contributed by atoms with Gasteiger partial charge in [0.05, 0.1) is 26.0 Å². The molecule has 0 aliphatic carbocycles. The second kappa shape index (κ2) is 7.00. The number of nitrogens with zero attached hydrogens (tertiary/aromatic N) is 1. The lowest BCUT2D eigenvalue weighted by Crippen LogP contribution is -2.41. The van der Waals surface area contributed by atoms with E-state index < -0.39 is 0 Å². The van der Waals surface area contributed by atoms with Crippen molar-refractivity contribution < 1.29 is 14.3 Å². The average molecular weight is 279 g/mol. The van der Waals surface area contributed by atoms with Crippen molar-refractivity contribution >= 4 is 17.3 Å². The SMILES string of the molecule is COc1cc(NCCC(=O)N2CCOCC2)ccc1N. The zero-order valence-corrected chi connectivity index (χ0v) is 11.7. The fourth-order valence-electron chi connectivity index (χ4n) is 2.11. The number of carbonyl (C=O) groups excluding carboxylic acids is 1. The Morgan fingerprint density at radius 3 is 2.90 bits per heavy atom. The summed E-state index contributed by atoms with van der Waals surface area (Å²) in [6.45, 7) is 3.23. The van der Waals surface area contributed by atoms with Crippen LogP contribution in [0.3, 0.4) is 0 Å². The van der Waals surface area contributed by atoms with E-state index in [2.05, 4.69) is 5.32 Å². The van der Waals surface area contributed by atoms with Crippen LogP contribution in [-0.2, 0) is 9.53 Å². The Hall–Kier alpha value is -1.95. The van der Waals surface area contributed by atoms with Gasteiger partial charge in [-0.05, 0) is 12.1 Å². The molecule has 1 aromatic carbocycles. The molecule has 6 nitrogen and oxygen atoms in total. The smallest absolute Gasteiger partial charge is 0.224 e. The third kappa shape index (κ3) is 3.77. The summed E-state index contributed by atoms with van der Waals surface area (Å²) in [5.41, 5.74) is 7.24. The Balaban J connectivity index is 1.79. The summed E-state index contributed by atoms with van der Waals surface area (Å²) in [4.78, 5) is 13.8. The number of morpholine rings is 1. The van der Waals surface area contributed by atoms with Crippen molar-refractivity contribution in [3.05, 3.63) is 18.2 Å². The van der Waals surface area contributed by atoms with Gasteiger partial charge >= 0.3 is 0 Å². The molecule has 1 aliphatic heterocycles. The van der Waals surface area contributed by atoms with Crippen molar-refractivity contribution in [2.24, 2.45) is 0 Å². The summed E-state index contributed by atoms with van der Waals surface area (Å²) in [7, 11) is 1.58. The first-order chi connectivity index (χ1) is 9.70. The predicted molar refractivity (Wildman–Crippen MR) is 77.9 cm³/mol. The van der Waals surface area contributed by atoms with Gasteiger partial charge in [-0.2, -0.15) is 0 Å². The zero-order valence-electron chi connectivity index (χ0n) is 11.7. The average Bonchev–Trinajstić information content (AvgIpc) is 2.49. The number of anilines is 2. The van der Waals surface area contributed by atoms with Gasteiger partial charge in [0, 0.05) is 37.8 Å². The molecule has 1 fully saturated rings. The number of nitrogens with one attached hydrogen (secondary N) is 1. The van der Waals surface area contributed by atoms with Crippen molar-refractivity contribution in [1.82, 2.24) is 4.90 Å². The number of ether oxygens (including phenoxy) is 2. The van der Waals surface area contributed by atoms with Gasteiger partial charge in [-0.1, -0.05) is 0 Å². The molecule has 110 valence electrons. The van der Waals surface area contributed by atoms with Gasteiger partial charge in [0.25, 0.3) is 0 Å². The third-order valence-electron chi connectivity index (χ3n) is 3.27. The van der Waals surface area contributed by atoms with Crippen molar-refractivity contribution in [3.8, 4) is 5.75 Å². The number of hydrogen-bond acceptors (Lipinski definition) is 5. The van der Waals surface area contributed by atoms with Crippen LogP contribution < -0.4 is 15.8 Å². The number of benzene rings is 1. The van der Waals surface area contributed by atoms with E-state index in [4.69, 9.17) is 15.2 Å². The van der Waals surface area contributed by atoms with E-state index in [1.54, 1.807) is 13.2 Å². The molecule has 20 heavy (non-hydrogen) atoms. The first kappa shape index (κ1) is 14.5. The molecule has 0 atom stereocenters. The van der Waals surface area contributed by atoms with Gasteiger partial charge in [-0.15, -0.1) is 0 Å². The molecular weight excluding hydrogens is 258 g/mol. The number of hydrogen-bond donors (Lipinski definition) is 2. The number of methoxy groups -OCH3 is 1. The molecule has 3 N–H and O–H groups in total. The van der Waals surface area contributed by atoms with Crippen LogP contribution >= 0.6 is 0 Å². The summed E-state index contributed by atoms with van der Waals surface area (Å²) >= 11 is 0. The summed E-state index contributed by atoms with van der Waals surface area (Å²) in [5.74, 6) is 0.790. The fraction of sp³-hybridized carbons (Fsp3) is 0.500. The standard InChI is InChI=1S/C14H21N3O3/c1-19-13-10-11(2-3-12(13)15)16-5-4-14(18)17-6-8-20-9-7-17/h2-3,10,16H,4-9,15H2,1H3. The molecule has 0 radical (unpaired) electrons. The normalized spacial score (nSPS) is 14.9. The predicted octanol–water partition coefficient (Wildman–Crippen LogP) is 0.938. The maximum atomic E-state index is 12.0. The molecule has 0 unspecified atom stereocenters. The molecule has 6 heteroatoms. The summed E-state index contributed by atoms with van der Waals surface area (Å²) in [6, 6.07) is 5.48. The molecule has 1 aromatic rings. The number of nitrogens with two attached hydrogens (primary N) is 1. The van der Waals surface area contributed by atoms with Gasteiger partial charge in [-0.25, -0.2) is 0 Å². The Morgan fingerprint density at radius 1 is 1.45 bits per heavy atom. The van der Waals surface area contributed by atoms with Crippen molar-refractivity contribution in [3.63, 3.8) is 0 Å². The van der Waals surface area contributed by atoms with Crippen molar-refractivity contribution in [1.29, 1.82) is 0 Å². The first-order valence-corrected chi connectivity index (χ1v) is 6.73. The van der Waals surface area contributed by atoms with Crippen LogP contribution in [0, 0.1) is 0 Å². The van der Waals surface area contributed by atoms with Crippen LogP contribution in [0.25, 0.3) is 0 Å². The molecule has 1 aliphatic rings. The van der Waals surface area contributed by atoms with Gasteiger partial charge in [-0.3, -0.25) is 4.79 Å². The Bertz CT molecular complexity index is 459. The molecule has 0 saturated carbocycles. The highest BCUT2D eigenvalue weighted by Crippen LogP contribution is 2.24. The van der Waals surface area contributed by atoms with Crippen LogP contribution in [-0.4, -0.2) is 50.8 Å². The minimum atomic E-state index is 0.156. The molecule has 0 bridgehead atoms. The molecule has 1 amide bonds.